The number of alkyl halides is 6. The van der Waals surface area contributed by atoms with Crippen LogP contribution < -0.4 is 10.1 Å². The standard InChI is InChI=1S/C32H32F6N6O2/c1-2-42-11-13-43(14-12-42)17-20-3-4-22(16-26(20)31(33,34)35)41-30(45)44-18-21-15-23(5-6-24(21)27(19-44)32(36,37)38)46-28-8-10-40-29-25(28)7-9-39-29/h3-10,15-16,27H,2,11-14,17-19H2,1H3,(H,39,40)(H,41,45). The summed E-state index contributed by atoms with van der Waals surface area (Å²) in [7, 11) is 0. The molecule has 2 aliphatic heterocycles. The van der Waals surface area contributed by atoms with E-state index in [4.69, 9.17) is 4.74 Å². The Kier molecular flexibility index (Phi) is 8.59. The van der Waals surface area contributed by atoms with Crippen molar-refractivity contribution in [1.29, 1.82) is 0 Å². The van der Waals surface area contributed by atoms with Crippen molar-refractivity contribution in [3.63, 3.8) is 0 Å². The van der Waals surface area contributed by atoms with Gasteiger partial charge < -0.3 is 24.8 Å². The molecule has 8 nitrogen and oxygen atoms in total. The Morgan fingerprint density at radius 1 is 1.00 bits per heavy atom. The van der Waals surface area contributed by atoms with E-state index in [0.717, 1.165) is 30.6 Å². The van der Waals surface area contributed by atoms with Crippen LogP contribution in [0.1, 0.15) is 35.1 Å². The lowest BCUT2D eigenvalue weighted by Gasteiger charge is -2.36. The number of pyridine rings is 1. The smallest absolute Gasteiger partial charge is 0.416 e. The van der Waals surface area contributed by atoms with Gasteiger partial charge in [0.05, 0.1) is 16.9 Å². The lowest BCUT2D eigenvalue weighted by molar-refractivity contribution is -0.155. The van der Waals surface area contributed by atoms with Gasteiger partial charge in [0.1, 0.15) is 17.1 Å². The van der Waals surface area contributed by atoms with Gasteiger partial charge >= 0.3 is 18.4 Å². The lowest BCUT2D eigenvalue weighted by atomic mass is 9.89. The number of amides is 2. The van der Waals surface area contributed by atoms with Crippen LogP contribution in [0.5, 0.6) is 11.5 Å². The molecule has 4 aromatic rings. The van der Waals surface area contributed by atoms with Gasteiger partial charge in [-0.1, -0.05) is 19.1 Å². The molecule has 2 aliphatic rings. The molecule has 6 rings (SSSR count). The number of urea groups is 1. The molecule has 2 N–H and O–H groups in total. The van der Waals surface area contributed by atoms with Crippen LogP contribution in [0.25, 0.3) is 11.0 Å². The van der Waals surface area contributed by atoms with Gasteiger partial charge in [-0.3, -0.25) is 4.90 Å². The molecular weight excluding hydrogens is 614 g/mol. The molecule has 1 unspecified atom stereocenters. The number of halogens is 6. The topological polar surface area (TPSA) is 76.7 Å². The first-order chi connectivity index (χ1) is 21.9. The number of anilines is 1. The van der Waals surface area contributed by atoms with Crippen molar-refractivity contribution in [1.82, 2.24) is 24.7 Å². The Hall–Kier alpha value is -4.30. The molecule has 1 fully saturated rings. The average molecular weight is 647 g/mol. The molecule has 0 spiro atoms. The van der Waals surface area contributed by atoms with Crippen molar-refractivity contribution < 1.29 is 35.9 Å². The first kappa shape index (κ1) is 31.7. The number of nitrogens with zero attached hydrogens (tertiary/aromatic N) is 4. The number of fused-ring (bicyclic) bond motifs is 2. The maximum atomic E-state index is 14.2. The maximum Gasteiger partial charge on any atom is 0.416 e. The summed E-state index contributed by atoms with van der Waals surface area (Å²) >= 11 is 0. The predicted octanol–water partition coefficient (Wildman–Crippen LogP) is 7.21. The highest BCUT2D eigenvalue weighted by Crippen LogP contribution is 2.42. The summed E-state index contributed by atoms with van der Waals surface area (Å²) < 4.78 is 90.9. The van der Waals surface area contributed by atoms with E-state index < -0.39 is 36.4 Å². The van der Waals surface area contributed by atoms with E-state index in [1.807, 2.05) is 11.8 Å². The van der Waals surface area contributed by atoms with Crippen molar-refractivity contribution in [2.24, 2.45) is 0 Å². The number of aromatic nitrogens is 2. The number of nitrogens with one attached hydrogen (secondary N) is 2. The van der Waals surface area contributed by atoms with Gasteiger partial charge in [-0.05, 0) is 59.6 Å². The van der Waals surface area contributed by atoms with Gasteiger partial charge in [0.15, 0.2) is 0 Å². The first-order valence-electron chi connectivity index (χ1n) is 14.9. The molecule has 0 radical (unpaired) electrons. The Bertz CT molecular complexity index is 1710. The van der Waals surface area contributed by atoms with Gasteiger partial charge in [0, 0.05) is 63.9 Å². The SMILES string of the molecule is CCN1CCN(Cc2ccc(NC(=O)N3Cc4cc(Oc5ccnc6[nH]ccc56)ccc4C(C(F)(F)F)C3)cc2C(F)(F)F)CC1. The number of carbonyl (C=O) groups is 1. The third-order valence-electron chi connectivity index (χ3n) is 8.56. The number of benzene rings is 2. The number of rotatable bonds is 6. The fraction of sp³-hybridized carbons (Fsp3) is 0.375. The number of hydrogen-bond acceptors (Lipinski definition) is 5. The number of aromatic amines is 1. The molecular formula is C32H32F6N6O2. The zero-order valence-corrected chi connectivity index (χ0v) is 24.9. The second-order valence-electron chi connectivity index (χ2n) is 11.5. The zero-order chi connectivity index (χ0) is 32.6. The highest BCUT2D eigenvalue weighted by molar-refractivity contribution is 5.90. The molecule has 4 heterocycles. The minimum absolute atomic E-state index is 0.00824. The second kappa shape index (κ2) is 12.5. The fourth-order valence-electron chi connectivity index (χ4n) is 6.06. The van der Waals surface area contributed by atoms with E-state index in [0.29, 0.717) is 29.9 Å². The molecule has 2 aromatic carbocycles. The summed E-state index contributed by atoms with van der Waals surface area (Å²) in [4.78, 5) is 25.6. The summed E-state index contributed by atoms with van der Waals surface area (Å²) in [5.41, 5.74) is -0.180. The number of likely N-dealkylation sites (N-methyl/N-ethyl adjacent to an activating group) is 1. The third kappa shape index (κ3) is 6.77. The van der Waals surface area contributed by atoms with Crippen LogP contribution in [-0.2, 0) is 19.3 Å². The molecule has 46 heavy (non-hydrogen) atoms. The monoisotopic (exact) mass is 646 g/mol. The van der Waals surface area contributed by atoms with Gasteiger partial charge in [-0.2, -0.15) is 26.3 Å². The van der Waals surface area contributed by atoms with E-state index >= 15 is 0 Å². The molecule has 14 heteroatoms. The van der Waals surface area contributed by atoms with E-state index in [2.05, 4.69) is 20.2 Å². The second-order valence-corrected chi connectivity index (χ2v) is 11.5. The van der Waals surface area contributed by atoms with E-state index in [1.54, 1.807) is 18.3 Å². The largest absolute Gasteiger partial charge is 0.457 e. The number of H-pyrrole nitrogens is 1. The van der Waals surface area contributed by atoms with Crippen LogP contribution in [-0.4, -0.2) is 76.1 Å². The molecule has 2 amide bonds. The molecule has 0 saturated carbocycles. The highest BCUT2D eigenvalue weighted by Gasteiger charge is 2.46. The van der Waals surface area contributed by atoms with Crippen molar-refractivity contribution in [3.8, 4) is 11.5 Å². The number of carbonyl (C=O) groups excluding carboxylic acids is 1. The van der Waals surface area contributed by atoms with Crippen LogP contribution in [0.4, 0.5) is 36.8 Å². The van der Waals surface area contributed by atoms with Crippen LogP contribution in [0.2, 0.25) is 0 Å². The quantitative estimate of drug-likeness (QED) is 0.217. The van der Waals surface area contributed by atoms with Crippen molar-refractivity contribution >= 4 is 22.8 Å². The van der Waals surface area contributed by atoms with Gasteiger partial charge in [-0.25, -0.2) is 9.78 Å². The Morgan fingerprint density at radius 2 is 1.76 bits per heavy atom. The van der Waals surface area contributed by atoms with Crippen molar-refractivity contribution in [2.45, 2.75) is 38.3 Å². The summed E-state index contributed by atoms with van der Waals surface area (Å²) in [6.45, 7) is 4.90. The molecule has 1 saturated heterocycles. The molecule has 0 aliphatic carbocycles. The average Bonchev–Trinajstić information content (AvgIpc) is 3.51. The van der Waals surface area contributed by atoms with Gasteiger partial charge in [-0.15, -0.1) is 0 Å². The van der Waals surface area contributed by atoms with E-state index in [9.17, 15) is 31.1 Å². The van der Waals surface area contributed by atoms with E-state index in [-0.39, 0.29) is 41.2 Å². The first-order valence-corrected chi connectivity index (χ1v) is 14.9. The number of ether oxygens (including phenoxy) is 1. The number of piperazine rings is 1. The summed E-state index contributed by atoms with van der Waals surface area (Å²) in [5, 5.41) is 3.08. The van der Waals surface area contributed by atoms with Crippen molar-refractivity contribution in [2.75, 3.05) is 44.6 Å². The third-order valence-corrected chi connectivity index (χ3v) is 8.56. The van der Waals surface area contributed by atoms with Crippen LogP contribution in [0.3, 0.4) is 0 Å². The van der Waals surface area contributed by atoms with Gasteiger partial charge in [0.2, 0.25) is 0 Å². The van der Waals surface area contributed by atoms with E-state index in [1.165, 1.54) is 36.5 Å². The lowest BCUT2D eigenvalue weighted by Crippen LogP contribution is -2.45. The minimum atomic E-state index is -4.69. The number of hydrogen-bond donors (Lipinski definition) is 2. The normalized spacial score (nSPS) is 18.1. The summed E-state index contributed by atoms with van der Waals surface area (Å²) in [6, 6.07) is 10.2. The summed E-state index contributed by atoms with van der Waals surface area (Å²) in [6.07, 6.45) is -6.15. The van der Waals surface area contributed by atoms with Crippen molar-refractivity contribution in [3.05, 3.63) is 83.2 Å². The fourth-order valence-corrected chi connectivity index (χ4v) is 6.06. The highest BCUT2D eigenvalue weighted by atomic mass is 19.4. The molecule has 0 bridgehead atoms. The Morgan fingerprint density at radius 3 is 2.48 bits per heavy atom. The summed E-state index contributed by atoms with van der Waals surface area (Å²) in [5.74, 6) is -1.29. The zero-order valence-electron chi connectivity index (χ0n) is 24.9. The predicted molar refractivity (Wildman–Crippen MR) is 160 cm³/mol. The Labute approximate surface area is 260 Å². The molecule has 244 valence electrons. The minimum Gasteiger partial charge on any atom is -0.457 e. The Balaban J connectivity index is 1.21. The molecule has 1 atom stereocenters. The van der Waals surface area contributed by atoms with Gasteiger partial charge in [0.25, 0.3) is 0 Å². The maximum absolute atomic E-state index is 14.2. The molecule has 2 aromatic heterocycles. The van der Waals surface area contributed by atoms with Crippen LogP contribution in [0.15, 0.2) is 60.9 Å². The van der Waals surface area contributed by atoms with Crippen LogP contribution >= 0.6 is 0 Å². The van der Waals surface area contributed by atoms with Crippen LogP contribution in [0, 0.1) is 0 Å².